The lowest BCUT2D eigenvalue weighted by Crippen LogP contribution is -2.26. The number of aromatic nitrogens is 2. The predicted octanol–water partition coefficient (Wildman–Crippen LogP) is 0.846. The molecule has 6 heteroatoms. The van der Waals surface area contributed by atoms with Gasteiger partial charge in [-0.1, -0.05) is 6.07 Å². The van der Waals surface area contributed by atoms with Gasteiger partial charge in [-0.05, 0) is 12.1 Å². The number of rotatable bonds is 2. The summed E-state index contributed by atoms with van der Waals surface area (Å²) in [5, 5.41) is 0. The fraction of sp³-hybridized carbons (Fsp3) is 0.273. The standard InChI is InChI=1S/C11H13FN4O/c1-15(2)9(17)6-16-8-5-3-4-7(12)10(8)14-11(16)13/h3-5H,6H2,1-2H3,(H2,13,14). The maximum atomic E-state index is 13.4. The maximum absolute atomic E-state index is 13.4. The molecule has 1 aromatic heterocycles. The van der Waals surface area contributed by atoms with Gasteiger partial charge in [-0.2, -0.15) is 0 Å². The zero-order valence-corrected chi connectivity index (χ0v) is 9.64. The van der Waals surface area contributed by atoms with Crippen LogP contribution in [-0.4, -0.2) is 34.5 Å². The van der Waals surface area contributed by atoms with E-state index in [1.807, 2.05) is 0 Å². The molecular weight excluding hydrogens is 223 g/mol. The van der Waals surface area contributed by atoms with E-state index in [4.69, 9.17) is 5.73 Å². The lowest BCUT2D eigenvalue weighted by atomic mass is 10.3. The van der Waals surface area contributed by atoms with Gasteiger partial charge >= 0.3 is 0 Å². The van der Waals surface area contributed by atoms with E-state index in [-0.39, 0.29) is 23.9 Å². The summed E-state index contributed by atoms with van der Waals surface area (Å²) in [5.41, 5.74) is 6.40. The van der Waals surface area contributed by atoms with E-state index in [1.54, 1.807) is 26.2 Å². The summed E-state index contributed by atoms with van der Waals surface area (Å²) >= 11 is 0. The van der Waals surface area contributed by atoms with Crippen molar-refractivity contribution < 1.29 is 9.18 Å². The van der Waals surface area contributed by atoms with Gasteiger partial charge in [0.25, 0.3) is 0 Å². The van der Waals surface area contributed by atoms with Crippen LogP contribution >= 0.6 is 0 Å². The molecule has 2 rings (SSSR count). The van der Waals surface area contributed by atoms with Gasteiger partial charge in [-0.25, -0.2) is 9.37 Å². The van der Waals surface area contributed by atoms with E-state index >= 15 is 0 Å². The second kappa shape index (κ2) is 4.04. The Labute approximate surface area is 97.6 Å². The third-order valence-electron chi connectivity index (χ3n) is 2.55. The molecular formula is C11H13FN4O. The number of amides is 1. The fourth-order valence-electron chi connectivity index (χ4n) is 1.57. The molecule has 0 fully saturated rings. The zero-order chi connectivity index (χ0) is 12.6. The minimum Gasteiger partial charge on any atom is -0.369 e. The number of hydrogen-bond acceptors (Lipinski definition) is 3. The molecule has 1 heterocycles. The van der Waals surface area contributed by atoms with Crippen LogP contribution in [0.15, 0.2) is 18.2 Å². The third-order valence-corrected chi connectivity index (χ3v) is 2.55. The molecule has 1 amide bonds. The molecule has 2 aromatic rings. The van der Waals surface area contributed by atoms with Crippen molar-refractivity contribution in [3.05, 3.63) is 24.0 Å². The first kappa shape index (κ1) is 11.4. The Balaban J connectivity index is 2.50. The van der Waals surface area contributed by atoms with E-state index in [2.05, 4.69) is 4.98 Å². The van der Waals surface area contributed by atoms with Crippen LogP contribution in [0.2, 0.25) is 0 Å². The van der Waals surface area contributed by atoms with E-state index in [1.165, 1.54) is 15.5 Å². The SMILES string of the molecule is CN(C)C(=O)Cn1c(N)nc2c(F)cccc21. The Kier molecular flexibility index (Phi) is 2.71. The van der Waals surface area contributed by atoms with Crippen molar-refractivity contribution in [2.75, 3.05) is 19.8 Å². The van der Waals surface area contributed by atoms with Crippen LogP contribution in [0.3, 0.4) is 0 Å². The van der Waals surface area contributed by atoms with Crippen LogP contribution in [0.5, 0.6) is 0 Å². The smallest absolute Gasteiger partial charge is 0.242 e. The van der Waals surface area contributed by atoms with Crippen molar-refractivity contribution in [3.8, 4) is 0 Å². The summed E-state index contributed by atoms with van der Waals surface area (Å²) in [6, 6.07) is 4.56. The Morgan fingerprint density at radius 3 is 2.88 bits per heavy atom. The van der Waals surface area contributed by atoms with Crippen molar-refractivity contribution >= 4 is 22.9 Å². The second-order valence-electron chi connectivity index (χ2n) is 3.95. The number of carbonyl (C=O) groups excluding carboxylic acids is 1. The Morgan fingerprint density at radius 2 is 2.24 bits per heavy atom. The summed E-state index contributed by atoms with van der Waals surface area (Å²) in [6.07, 6.45) is 0. The molecule has 0 aliphatic carbocycles. The number of carbonyl (C=O) groups is 1. The molecule has 0 radical (unpaired) electrons. The van der Waals surface area contributed by atoms with Crippen molar-refractivity contribution in [1.29, 1.82) is 0 Å². The molecule has 17 heavy (non-hydrogen) atoms. The Hall–Kier alpha value is -2.11. The van der Waals surface area contributed by atoms with Gasteiger partial charge in [-0.15, -0.1) is 0 Å². The predicted molar refractivity (Wildman–Crippen MR) is 62.8 cm³/mol. The normalized spacial score (nSPS) is 10.8. The van der Waals surface area contributed by atoms with Crippen LogP contribution in [0, 0.1) is 5.82 Å². The molecule has 1 aromatic carbocycles. The average Bonchev–Trinajstić information content (AvgIpc) is 2.58. The molecule has 90 valence electrons. The van der Waals surface area contributed by atoms with Gasteiger partial charge < -0.3 is 15.2 Å². The minimum atomic E-state index is -0.440. The quantitative estimate of drug-likeness (QED) is 0.840. The molecule has 0 saturated carbocycles. The van der Waals surface area contributed by atoms with Gasteiger partial charge in [0, 0.05) is 14.1 Å². The van der Waals surface area contributed by atoms with Gasteiger partial charge in [-0.3, -0.25) is 4.79 Å². The number of fused-ring (bicyclic) bond motifs is 1. The zero-order valence-electron chi connectivity index (χ0n) is 9.64. The van der Waals surface area contributed by atoms with Crippen molar-refractivity contribution in [1.82, 2.24) is 14.5 Å². The number of anilines is 1. The molecule has 0 aliphatic rings. The first-order valence-electron chi connectivity index (χ1n) is 5.11. The summed E-state index contributed by atoms with van der Waals surface area (Å²) in [6.45, 7) is 0.0544. The highest BCUT2D eigenvalue weighted by molar-refractivity contribution is 5.83. The van der Waals surface area contributed by atoms with Gasteiger partial charge in [0.2, 0.25) is 11.9 Å². The Bertz CT molecular complexity index is 576. The number of benzene rings is 1. The van der Waals surface area contributed by atoms with E-state index < -0.39 is 5.82 Å². The largest absolute Gasteiger partial charge is 0.369 e. The Morgan fingerprint density at radius 1 is 1.53 bits per heavy atom. The molecule has 0 saturated heterocycles. The molecule has 0 spiro atoms. The van der Waals surface area contributed by atoms with Crippen molar-refractivity contribution in [2.45, 2.75) is 6.54 Å². The molecule has 2 N–H and O–H groups in total. The molecule has 0 unspecified atom stereocenters. The number of hydrogen-bond donors (Lipinski definition) is 1. The van der Waals surface area contributed by atoms with Crippen molar-refractivity contribution in [2.24, 2.45) is 0 Å². The number of para-hydroxylation sites is 1. The van der Waals surface area contributed by atoms with Crippen LogP contribution in [0.25, 0.3) is 11.0 Å². The number of halogens is 1. The van der Waals surface area contributed by atoms with Crippen molar-refractivity contribution in [3.63, 3.8) is 0 Å². The highest BCUT2D eigenvalue weighted by atomic mass is 19.1. The minimum absolute atomic E-state index is 0.0544. The monoisotopic (exact) mass is 236 g/mol. The third kappa shape index (κ3) is 1.93. The lowest BCUT2D eigenvalue weighted by molar-refractivity contribution is -0.129. The first-order valence-corrected chi connectivity index (χ1v) is 5.11. The average molecular weight is 236 g/mol. The van der Waals surface area contributed by atoms with Gasteiger partial charge in [0.1, 0.15) is 12.1 Å². The fourth-order valence-corrected chi connectivity index (χ4v) is 1.57. The van der Waals surface area contributed by atoms with Crippen LogP contribution in [0.1, 0.15) is 0 Å². The topological polar surface area (TPSA) is 64.2 Å². The number of nitrogens with zero attached hydrogens (tertiary/aromatic N) is 3. The summed E-state index contributed by atoms with van der Waals surface area (Å²) < 4.78 is 14.9. The van der Waals surface area contributed by atoms with Crippen LogP contribution in [-0.2, 0) is 11.3 Å². The number of nitrogens with two attached hydrogens (primary N) is 1. The van der Waals surface area contributed by atoms with Crippen LogP contribution < -0.4 is 5.73 Å². The summed E-state index contributed by atoms with van der Waals surface area (Å²) in [7, 11) is 3.30. The lowest BCUT2D eigenvalue weighted by Gasteiger charge is -2.11. The molecule has 0 aliphatic heterocycles. The van der Waals surface area contributed by atoms with Crippen LogP contribution in [0.4, 0.5) is 10.3 Å². The van der Waals surface area contributed by atoms with E-state index in [0.717, 1.165) is 0 Å². The van der Waals surface area contributed by atoms with Gasteiger partial charge in [0.05, 0.1) is 5.52 Å². The molecule has 0 atom stereocenters. The van der Waals surface area contributed by atoms with E-state index in [9.17, 15) is 9.18 Å². The summed E-state index contributed by atoms with van der Waals surface area (Å²) in [4.78, 5) is 17.0. The first-order chi connectivity index (χ1) is 8.00. The maximum Gasteiger partial charge on any atom is 0.242 e. The molecule has 5 nitrogen and oxygen atoms in total. The van der Waals surface area contributed by atoms with E-state index in [0.29, 0.717) is 5.52 Å². The summed E-state index contributed by atoms with van der Waals surface area (Å²) in [5.74, 6) is -0.425. The number of imidazole rings is 1. The highest BCUT2D eigenvalue weighted by Gasteiger charge is 2.14. The van der Waals surface area contributed by atoms with Gasteiger partial charge in [0.15, 0.2) is 5.82 Å². The number of nitrogen functional groups attached to an aromatic ring is 1. The second-order valence-corrected chi connectivity index (χ2v) is 3.95. The molecule has 0 bridgehead atoms. The highest BCUT2D eigenvalue weighted by Crippen LogP contribution is 2.20. The number of likely N-dealkylation sites (N-methyl/N-ethyl adjacent to an activating group) is 1.